The van der Waals surface area contributed by atoms with Crippen LogP contribution in [0.5, 0.6) is 0 Å². The number of nitrogens with one attached hydrogen (secondary N) is 2. The third kappa shape index (κ3) is 2.65. The number of benzene rings is 4. The summed E-state index contributed by atoms with van der Waals surface area (Å²) >= 11 is 0. The monoisotopic (exact) mass is 445 g/mol. The van der Waals surface area contributed by atoms with Gasteiger partial charge in [0.2, 0.25) is 11.1 Å². The Morgan fingerprint density at radius 3 is 2.35 bits per heavy atom. The van der Waals surface area contributed by atoms with Crippen molar-refractivity contribution < 1.29 is 14.9 Å². The highest BCUT2D eigenvalue weighted by atomic mass is 16.3. The minimum absolute atomic E-state index is 0.0692. The maximum Gasteiger partial charge on any atom is 0.209 e. The number of aliphatic hydroxyl groups excluding tert-OH is 1. The summed E-state index contributed by atoms with van der Waals surface area (Å²) in [6.07, 6.45) is 4.08. The second-order valence-corrected chi connectivity index (χ2v) is 9.50. The topological polar surface area (TPSA) is 63.3 Å². The van der Waals surface area contributed by atoms with E-state index in [1.54, 1.807) is 0 Å². The van der Waals surface area contributed by atoms with Crippen molar-refractivity contribution in [1.82, 2.24) is 0 Å². The zero-order valence-electron chi connectivity index (χ0n) is 18.9. The average molecular weight is 446 g/mol. The molecule has 0 saturated heterocycles. The lowest BCUT2D eigenvalue weighted by Crippen LogP contribution is -2.79. The van der Waals surface area contributed by atoms with Gasteiger partial charge in [0.05, 0.1) is 16.5 Å². The number of rotatable bonds is 1. The van der Waals surface area contributed by atoms with Crippen LogP contribution in [-0.4, -0.2) is 24.0 Å². The number of allylic oxidation sites excluding steroid dienone is 2. The van der Waals surface area contributed by atoms with Gasteiger partial charge in [-0.05, 0) is 64.6 Å². The zero-order valence-corrected chi connectivity index (χ0v) is 18.9. The summed E-state index contributed by atoms with van der Waals surface area (Å²) in [5, 5.41) is 21.1. The second-order valence-electron chi connectivity index (χ2n) is 9.50. The molecule has 0 spiro atoms. The molecule has 0 aromatic heterocycles. The number of ketones is 1. The molecule has 4 aromatic carbocycles. The van der Waals surface area contributed by atoms with Crippen LogP contribution in [0.4, 0.5) is 5.69 Å². The first-order chi connectivity index (χ1) is 16.7. The van der Waals surface area contributed by atoms with E-state index in [0.29, 0.717) is 11.1 Å². The number of hydrogen-bond acceptors (Lipinski definition) is 3. The molecule has 4 heteroatoms. The molecular weight excluding hydrogens is 420 g/mol. The van der Waals surface area contributed by atoms with E-state index in [0.717, 1.165) is 82.1 Å². The predicted molar refractivity (Wildman–Crippen MR) is 135 cm³/mol. The first-order valence-electron chi connectivity index (χ1n) is 12.2. The van der Waals surface area contributed by atoms with Gasteiger partial charge in [-0.25, -0.2) is 4.99 Å². The van der Waals surface area contributed by atoms with Gasteiger partial charge in [-0.1, -0.05) is 42.5 Å². The highest BCUT2D eigenvalue weighted by Crippen LogP contribution is 2.43. The molecular formula is C30H25N2O2+. The lowest BCUT2D eigenvalue weighted by atomic mass is 9.78. The largest absolute Gasteiger partial charge is 0.506 e. The quantitative estimate of drug-likeness (QED) is 0.422. The van der Waals surface area contributed by atoms with E-state index in [1.807, 2.05) is 36.4 Å². The van der Waals surface area contributed by atoms with E-state index in [-0.39, 0.29) is 11.5 Å². The van der Waals surface area contributed by atoms with Crippen LogP contribution in [0.25, 0.3) is 32.7 Å². The Kier molecular flexibility index (Phi) is 4.19. The van der Waals surface area contributed by atoms with Gasteiger partial charge in [0.15, 0.2) is 0 Å². The van der Waals surface area contributed by atoms with Crippen LogP contribution in [0.1, 0.15) is 29.5 Å². The van der Waals surface area contributed by atoms with Crippen molar-refractivity contribution in [3.05, 3.63) is 93.7 Å². The van der Waals surface area contributed by atoms with E-state index in [1.165, 1.54) is 11.1 Å². The summed E-state index contributed by atoms with van der Waals surface area (Å²) in [6, 6.07) is 20.6. The number of aryl methyl sites for hydroxylation is 2. The summed E-state index contributed by atoms with van der Waals surface area (Å²) < 4.78 is 0. The van der Waals surface area contributed by atoms with Crippen LogP contribution in [0, 0.1) is 0 Å². The highest BCUT2D eigenvalue weighted by Gasteiger charge is 2.37. The molecule has 0 bridgehead atoms. The molecule has 2 aliphatic heterocycles. The Hall–Kier alpha value is -3.92. The molecule has 0 fully saturated rings. The number of carbonyl (C=O) groups is 1. The summed E-state index contributed by atoms with van der Waals surface area (Å²) in [5.74, 6) is 0.0491. The van der Waals surface area contributed by atoms with Gasteiger partial charge in [-0.3, -0.25) is 4.79 Å². The van der Waals surface area contributed by atoms with E-state index in [2.05, 4.69) is 34.6 Å². The molecule has 34 heavy (non-hydrogen) atoms. The van der Waals surface area contributed by atoms with E-state index in [9.17, 15) is 9.90 Å². The van der Waals surface area contributed by atoms with Gasteiger partial charge in [0, 0.05) is 29.6 Å². The molecule has 166 valence electrons. The van der Waals surface area contributed by atoms with E-state index >= 15 is 0 Å². The van der Waals surface area contributed by atoms with E-state index < -0.39 is 0 Å². The normalized spacial score (nSPS) is 18.8. The Morgan fingerprint density at radius 1 is 0.794 bits per heavy atom. The SMILES string of the molecule is O=C1C(c2cc3c(c4ccccc24)NCCC3)=C(O)/C1=c1/cc2c(c3ccccc13)=[NH+]CCC2. The number of aliphatic hydroxyl groups is 1. The number of hydrogen-bond donors (Lipinski definition) is 3. The lowest BCUT2D eigenvalue weighted by Gasteiger charge is -2.27. The standard InChI is InChI=1S/C30H24N2O2/c33-29-25(23-15-17-7-5-13-31-27(17)21-11-3-1-9-19(21)23)30(34)26(29)24-16-18-8-6-14-32-28(18)22-12-4-2-10-20(22)24/h1-4,9-12,15-16,31,33H,5-8,13-14H2/p+1/b26-24+. The molecule has 1 aliphatic carbocycles. The van der Waals surface area contributed by atoms with Crippen molar-refractivity contribution in [3.63, 3.8) is 0 Å². The van der Waals surface area contributed by atoms with Crippen LogP contribution < -0.4 is 20.9 Å². The third-order valence-electron chi connectivity index (χ3n) is 7.57. The fourth-order valence-corrected chi connectivity index (χ4v) is 5.98. The Balaban J connectivity index is 1.53. The average Bonchev–Trinajstić information content (AvgIpc) is 2.89. The van der Waals surface area contributed by atoms with Crippen molar-refractivity contribution in [3.8, 4) is 0 Å². The number of carbonyl (C=O) groups excluding carboxylic acids is 1. The molecule has 7 rings (SSSR count). The first kappa shape index (κ1) is 19.5. The minimum Gasteiger partial charge on any atom is -0.506 e. The van der Waals surface area contributed by atoms with Crippen LogP contribution >= 0.6 is 0 Å². The first-order valence-corrected chi connectivity index (χ1v) is 12.2. The molecule has 0 unspecified atom stereocenters. The molecule has 4 nitrogen and oxygen atoms in total. The van der Waals surface area contributed by atoms with Crippen LogP contribution in [-0.2, 0) is 17.6 Å². The molecule has 0 amide bonds. The van der Waals surface area contributed by atoms with Crippen LogP contribution in [0.3, 0.4) is 0 Å². The zero-order chi connectivity index (χ0) is 22.8. The van der Waals surface area contributed by atoms with Crippen LogP contribution in [0.2, 0.25) is 0 Å². The fraction of sp³-hybridized carbons (Fsp3) is 0.200. The molecule has 3 aliphatic rings. The van der Waals surface area contributed by atoms with Crippen molar-refractivity contribution in [2.75, 3.05) is 18.4 Å². The summed E-state index contributed by atoms with van der Waals surface area (Å²) in [4.78, 5) is 17.2. The summed E-state index contributed by atoms with van der Waals surface area (Å²) in [6.45, 7) is 1.92. The number of fused-ring (bicyclic) bond motifs is 6. The van der Waals surface area contributed by atoms with Gasteiger partial charge < -0.3 is 10.4 Å². The van der Waals surface area contributed by atoms with Gasteiger partial charge in [0.25, 0.3) is 0 Å². The second kappa shape index (κ2) is 7.29. The fourth-order valence-electron chi connectivity index (χ4n) is 5.98. The molecule has 3 N–H and O–H groups in total. The van der Waals surface area contributed by atoms with Gasteiger partial charge in [-0.15, -0.1) is 0 Å². The van der Waals surface area contributed by atoms with Gasteiger partial charge in [0.1, 0.15) is 12.3 Å². The molecule has 4 aromatic rings. The van der Waals surface area contributed by atoms with Crippen molar-refractivity contribution in [2.24, 2.45) is 0 Å². The summed E-state index contributed by atoms with van der Waals surface area (Å²) in [5.41, 5.74) is 5.32. The molecule has 0 atom stereocenters. The number of anilines is 1. The summed E-state index contributed by atoms with van der Waals surface area (Å²) in [7, 11) is 0. The van der Waals surface area contributed by atoms with Crippen LogP contribution in [0.15, 0.2) is 66.4 Å². The molecule has 0 saturated carbocycles. The maximum atomic E-state index is 13.7. The van der Waals surface area contributed by atoms with Crippen molar-refractivity contribution in [2.45, 2.75) is 25.7 Å². The van der Waals surface area contributed by atoms with Crippen molar-refractivity contribution >= 4 is 44.2 Å². The Bertz CT molecular complexity index is 1710. The van der Waals surface area contributed by atoms with E-state index in [4.69, 9.17) is 0 Å². The molecule has 2 heterocycles. The lowest BCUT2D eigenvalue weighted by molar-refractivity contribution is -0.503. The Labute approximate surface area is 197 Å². The highest BCUT2D eigenvalue weighted by molar-refractivity contribution is 6.52. The minimum atomic E-state index is -0.0692. The predicted octanol–water partition coefficient (Wildman–Crippen LogP) is 2.70. The van der Waals surface area contributed by atoms with Gasteiger partial charge >= 0.3 is 0 Å². The van der Waals surface area contributed by atoms with Crippen molar-refractivity contribution in [1.29, 1.82) is 0 Å². The third-order valence-corrected chi connectivity index (χ3v) is 7.57. The maximum absolute atomic E-state index is 13.7. The van der Waals surface area contributed by atoms with Gasteiger partial charge in [-0.2, -0.15) is 0 Å². The number of Topliss-reactive ketones (excluding diaryl/α,β-unsaturated/α-hetero) is 1. The smallest absolute Gasteiger partial charge is 0.209 e. The molecule has 0 radical (unpaired) electrons. The Morgan fingerprint density at radius 2 is 1.53 bits per heavy atom.